The van der Waals surface area contributed by atoms with Gasteiger partial charge in [0.1, 0.15) is 0 Å². The summed E-state index contributed by atoms with van der Waals surface area (Å²) in [5, 5.41) is 12.1. The minimum atomic E-state index is -3.98. The quantitative estimate of drug-likeness (QED) is 0.362. The van der Waals surface area contributed by atoms with Gasteiger partial charge in [-0.05, 0) is 54.4 Å². The monoisotopic (exact) mass is 560 g/mol. The Balaban J connectivity index is 1.96. The minimum absolute atomic E-state index is 0.0160. The predicted molar refractivity (Wildman–Crippen MR) is 126 cm³/mol. The van der Waals surface area contributed by atoms with Gasteiger partial charge in [-0.1, -0.05) is 73.8 Å². The second kappa shape index (κ2) is 8.35. The molecule has 1 heterocycles. The maximum atomic E-state index is 13.4. The zero-order valence-electron chi connectivity index (χ0n) is 16.4. The Hall–Kier alpha value is -2.26. The molecule has 4 aromatic rings. The summed E-state index contributed by atoms with van der Waals surface area (Å²) >= 11 is 6.81. The van der Waals surface area contributed by atoms with E-state index in [-0.39, 0.29) is 10.7 Å². The van der Waals surface area contributed by atoms with Crippen LogP contribution >= 0.6 is 31.9 Å². The molecule has 8 heteroatoms. The van der Waals surface area contributed by atoms with E-state index in [1.54, 1.807) is 72.8 Å². The van der Waals surface area contributed by atoms with Crippen LogP contribution in [0.2, 0.25) is 0 Å². The lowest BCUT2D eigenvalue weighted by atomic mass is 9.85. The first-order chi connectivity index (χ1) is 14.7. The lowest BCUT2D eigenvalue weighted by molar-refractivity contribution is 0.115. The molecular formula is C23H18Br2N2O3S. The molecule has 31 heavy (non-hydrogen) atoms. The highest BCUT2D eigenvalue weighted by molar-refractivity contribution is 9.10. The van der Waals surface area contributed by atoms with Crippen molar-refractivity contribution in [2.45, 2.75) is 17.4 Å². The number of imidazole rings is 1. The van der Waals surface area contributed by atoms with Crippen molar-refractivity contribution in [1.29, 1.82) is 0 Å². The van der Waals surface area contributed by atoms with Gasteiger partial charge in [-0.25, -0.2) is 17.4 Å². The van der Waals surface area contributed by atoms with Gasteiger partial charge in [-0.15, -0.1) is 0 Å². The van der Waals surface area contributed by atoms with Crippen molar-refractivity contribution < 1.29 is 13.5 Å². The highest BCUT2D eigenvalue weighted by atomic mass is 79.9. The maximum Gasteiger partial charge on any atom is 0.269 e. The second-order valence-corrected chi connectivity index (χ2v) is 10.7. The van der Waals surface area contributed by atoms with E-state index in [1.165, 1.54) is 12.4 Å². The van der Waals surface area contributed by atoms with E-state index in [4.69, 9.17) is 0 Å². The molecule has 0 aliphatic rings. The molecule has 1 aromatic heterocycles. The summed E-state index contributed by atoms with van der Waals surface area (Å²) < 4.78 is 29.6. The Morgan fingerprint density at radius 2 is 1.32 bits per heavy atom. The first-order valence-electron chi connectivity index (χ1n) is 9.33. The number of benzene rings is 3. The largest absolute Gasteiger partial charge is 0.373 e. The fraction of sp³-hybridized carbons (Fsp3) is 0.0870. The average Bonchev–Trinajstić information content (AvgIpc) is 3.26. The first-order valence-corrected chi connectivity index (χ1v) is 12.4. The SMILES string of the molecule is Cc1ccc(S(=O)(=O)n2ccnc2C(O)(c2ccc(Br)cc2)c2ccc(Br)cc2)cc1. The van der Waals surface area contributed by atoms with E-state index in [9.17, 15) is 13.5 Å². The van der Waals surface area contributed by atoms with E-state index >= 15 is 0 Å². The van der Waals surface area contributed by atoms with Crippen molar-refractivity contribution in [2.24, 2.45) is 0 Å². The smallest absolute Gasteiger partial charge is 0.269 e. The molecule has 0 bridgehead atoms. The van der Waals surface area contributed by atoms with Crippen molar-refractivity contribution >= 4 is 41.9 Å². The summed E-state index contributed by atoms with van der Waals surface area (Å²) in [4.78, 5) is 4.42. The van der Waals surface area contributed by atoms with Gasteiger partial charge < -0.3 is 5.11 Å². The zero-order chi connectivity index (χ0) is 22.2. The van der Waals surface area contributed by atoms with Crippen LogP contribution in [0.25, 0.3) is 0 Å². The van der Waals surface area contributed by atoms with Gasteiger partial charge in [-0.2, -0.15) is 0 Å². The Morgan fingerprint density at radius 1 is 0.839 bits per heavy atom. The van der Waals surface area contributed by atoms with Gasteiger partial charge in [-0.3, -0.25) is 0 Å². The lowest BCUT2D eigenvalue weighted by Crippen LogP contribution is -2.34. The zero-order valence-corrected chi connectivity index (χ0v) is 20.4. The minimum Gasteiger partial charge on any atom is -0.373 e. The summed E-state index contributed by atoms with van der Waals surface area (Å²) in [5.74, 6) is -0.0160. The summed E-state index contributed by atoms with van der Waals surface area (Å²) in [6.45, 7) is 1.89. The lowest BCUT2D eigenvalue weighted by Gasteiger charge is -2.29. The number of aliphatic hydroxyl groups is 1. The van der Waals surface area contributed by atoms with Crippen LogP contribution in [0.3, 0.4) is 0 Å². The molecule has 0 saturated carbocycles. The molecule has 0 aliphatic carbocycles. The predicted octanol–water partition coefficient (Wildman–Crippen LogP) is 5.24. The Bertz CT molecular complexity index is 1270. The van der Waals surface area contributed by atoms with Crippen molar-refractivity contribution in [3.63, 3.8) is 0 Å². The summed E-state index contributed by atoms with van der Waals surface area (Å²) in [6, 6.07) is 20.7. The number of aromatic nitrogens is 2. The van der Waals surface area contributed by atoms with Crippen LogP contribution in [0, 0.1) is 6.92 Å². The van der Waals surface area contributed by atoms with Crippen LogP contribution in [-0.2, 0) is 15.6 Å². The molecule has 3 aromatic carbocycles. The third kappa shape index (κ3) is 4.01. The van der Waals surface area contributed by atoms with E-state index in [0.717, 1.165) is 18.5 Å². The molecule has 0 atom stereocenters. The van der Waals surface area contributed by atoms with Gasteiger partial charge in [0.25, 0.3) is 10.0 Å². The highest BCUT2D eigenvalue weighted by Gasteiger charge is 2.40. The number of hydrogen-bond donors (Lipinski definition) is 1. The van der Waals surface area contributed by atoms with Crippen LogP contribution in [-0.4, -0.2) is 22.5 Å². The summed E-state index contributed by atoms with van der Waals surface area (Å²) in [5.41, 5.74) is 0.128. The van der Waals surface area contributed by atoms with E-state index < -0.39 is 15.6 Å². The second-order valence-electron chi connectivity index (χ2n) is 7.09. The van der Waals surface area contributed by atoms with Gasteiger partial charge in [0.05, 0.1) is 4.90 Å². The van der Waals surface area contributed by atoms with Gasteiger partial charge in [0.2, 0.25) is 0 Å². The molecule has 5 nitrogen and oxygen atoms in total. The van der Waals surface area contributed by atoms with Crippen molar-refractivity contribution in [2.75, 3.05) is 0 Å². The molecule has 0 spiro atoms. The summed E-state index contributed by atoms with van der Waals surface area (Å²) in [6.07, 6.45) is 2.73. The third-order valence-corrected chi connectivity index (χ3v) is 7.77. The van der Waals surface area contributed by atoms with Gasteiger partial charge >= 0.3 is 0 Å². The van der Waals surface area contributed by atoms with Crippen molar-refractivity contribution in [1.82, 2.24) is 8.96 Å². The van der Waals surface area contributed by atoms with E-state index in [1.807, 2.05) is 6.92 Å². The molecule has 4 rings (SSSR count). The molecule has 0 saturated heterocycles. The fourth-order valence-electron chi connectivity index (χ4n) is 3.37. The third-order valence-electron chi connectivity index (χ3n) is 5.03. The van der Waals surface area contributed by atoms with Crippen LogP contribution in [0.5, 0.6) is 0 Å². The molecular weight excluding hydrogens is 544 g/mol. The number of aryl methyl sites for hydroxylation is 1. The average molecular weight is 562 g/mol. The van der Waals surface area contributed by atoms with Crippen LogP contribution < -0.4 is 0 Å². The van der Waals surface area contributed by atoms with Crippen LogP contribution in [0.15, 0.2) is 99.0 Å². The van der Waals surface area contributed by atoms with Crippen molar-refractivity contribution in [3.05, 3.63) is 117 Å². The molecule has 1 N–H and O–H groups in total. The number of nitrogens with zero attached hydrogens (tertiary/aromatic N) is 2. The molecule has 0 radical (unpaired) electrons. The molecule has 158 valence electrons. The fourth-order valence-corrected chi connectivity index (χ4v) is 5.23. The van der Waals surface area contributed by atoms with Gasteiger partial charge in [0, 0.05) is 21.3 Å². The molecule has 0 fully saturated rings. The molecule has 0 aliphatic heterocycles. The topological polar surface area (TPSA) is 72.2 Å². The van der Waals surface area contributed by atoms with Crippen LogP contribution in [0.4, 0.5) is 0 Å². The van der Waals surface area contributed by atoms with Crippen LogP contribution in [0.1, 0.15) is 22.5 Å². The standard InChI is InChI=1S/C23H18Br2N2O3S/c1-16-2-12-21(13-3-16)31(29,30)27-15-14-26-22(27)23(28,17-4-8-19(24)9-5-17)18-6-10-20(25)11-7-18/h2-15,28H,1H3. The number of hydrogen-bond acceptors (Lipinski definition) is 4. The number of halogens is 2. The maximum absolute atomic E-state index is 13.4. The Labute approximate surface area is 197 Å². The first kappa shape index (κ1) is 22.0. The number of rotatable bonds is 5. The highest BCUT2D eigenvalue weighted by Crippen LogP contribution is 2.38. The summed E-state index contributed by atoms with van der Waals surface area (Å²) in [7, 11) is -3.98. The van der Waals surface area contributed by atoms with E-state index in [0.29, 0.717) is 11.1 Å². The van der Waals surface area contributed by atoms with Crippen molar-refractivity contribution in [3.8, 4) is 0 Å². The normalized spacial score (nSPS) is 12.1. The molecule has 0 amide bonds. The Morgan fingerprint density at radius 3 is 1.81 bits per heavy atom. The van der Waals surface area contributed by atoms with Gasteiger partial charge in [0.15, 0.2) is 11.4 Å². The molecule has 0 unspecified atom stereocenters. The Kier molecular flexibility index (Phi) is 5.91. The van der Waals surface area contributed by atoms with E-state index in [2.05, 4.69) is 36.8 Å².